The fraction of sp³-hybridized carbons (Fsp3) is 0.905. The summed E-state index contributed by atoms with van der Waals surface area (Å²) in [5.74, 6) is 1.81. The molecule has 5 rings (SSSR count). The molecule has 0 amide bonds. The zero-order valence-electron chi connectivity index (χ0n) is 15.3. The van der Waals surface area contributed by atoms with Gasteiger partial charge in [-0.3, -0.25) is 0 Å². The highest BCUT2D eigenvalue weighted by molar-refractivity contribution is 5.42. The molecule has 2 N–H and O–H groups in total. The molecule has 0 aliphatic heterocycles. The van der Waals surface area contributed by atoms with Gasteiger partial charge in [0.15, 0.2) is 0 Å². The van der Waals surface area contributed by atoms with E-state index < -0.39 is 5.60 Å². The molecule has 0 aromatic rings. The Morgan fingerprint density at radius 3 is 2.58 bits per heavy atom. The second-order valence-corrected chi connectivity index (χ2v) is 9.89. The van der Waals surface area contributed by atoms with Crippen LogP contribution in [-0.4, -0.2) is 29.0 Å². The van der Waals surface area contributed by atoms with Gasteiger partial charge in [-0.15, -0.1) is 0 Å². The largest absolute Gasteiger partial charge is 0.512 e. The molecule has 0 unspecified atom stereocenters. The van der Waals surface area contributed by atoms with Crippen molar-refractivity contribution in [1.82, 2.24) is 0 Å². The molecule has 4 saturated carbocycles. The minimum absolute atomic E-state index is 0.0584. The maximum Gasteiger partial charge on any atom is 0.111 e. The third-order valence-corrected chi connectivity index (χ3v) is 10.0. The van der Waals surface area contributed by atoms with Crippen molar-refractivity contribution in [2.45, 2.75) is 76.9 Å². The second-order valence-electron chi connectivity index (χ2n) is 9.89. The first kappa shape index (κ1) is 15.7. The van der Waals surface area contributed by atoms with Crippen LogP contribution in [0, 0.1) is 34.0 Å². The minimum atomic E-state index is -0.939. The van der Waals surface area contributed by atoms with Crippen molar-refractivity contribution in [3.63, 3.8) is 0 Å². The molecule has 0 heterocycles. The highest BCUT2D eigenvalue weighted by atomic mass is 16.5. The van der Waals surface area contributed by atoms with Crippen LogP contribution >= 0.6 is 0 Å². The molecule has 134 valence electrons. The SMILES string of the molecule is CO[C@@H]1C=C(O)[C@H]2[C@@]34CC[C@H]5CCCC[C@H]5[C@]3(C)[C@](C)(CC4)[C@@]12O. The van der Waals surface area contributed by atoms with Crippen molar-refractivity contribution >= 4 is 0 Å². The molecule has 4 fully saturated rings. The smallest absolute Gasteiger partial charge is 0.111 e. The van der Waals surface area contributed by atoms with Crippen LogP contribution in [0.15, 0.2) is 11.8 Å². The lowest BCUT2D eigenvalue weighted by Crippen LogP contribution is -2.58. The van der Waals surface area contributed by atoms with E-state index in [1.165, 1.54) is 38.5 Å². The predicted octanol–water partition coefficient (Wildman–Crippen LogP) is 4.21. The number of hydrogen-bond donors (Lipinski definition) is 2. The van der Waals surface area contributed by atoms with Crippen molar-refractivity contribution < 1.29 is 14.9 Å². The normalized spacial score (nSPS) is 61.2. The molecule has 0 spiro atoms. The molecule has 0 radical (unpaired) electrons. The fourth-order valence-corrected chi connectivity index (χ4v) is 9.02. The molecule has 5 aliphatic carbocycles. The first-order chi connectivity index (χ1) is 11.4. The van der Waals surface area contributed by atoms with Crippen LogP contribution in [0.3, 0.4) is 0 Å². The van der Waals surface area contributed by atoms with E-state index in [4.69, 9.17) is 4.74 Å². The Morgan fingerprint density at radius 1 is 1.08 bits per heavy atom. The zero-order chi connectivity index (χ0) is 17.0. The van der Waals surface area contributed by atoms with Gasteiger partial charge in [-0.2, -0.15) is 0 Å². The average Bonchev–Trinajstić information content (AvgIpc) is 3.04. The van der Waals surface area contributed by atoms with E-state index >= 15 is 0 Å². The summed E-state index contributed by atoms with van der Waals surface area (Å²) in [4.78, 5) is 0. The molecule has 0 aromatic heterocycles. The summed E-state index contributed by atoms with van der Waals surface area (Å²) in [6.07, 6.45) is 11.5. The van der Waals surface area contributed by atoms with Crippen LogP contribution in [0.1, 0.15) is 65.2 Å². The topological polar surface area (TPSA) is 49.7 Å². The fourth-order valence-electron chi connectivity index (χ4n) is 9.02. The summed E-state index contributed by atoms with van der Waals surface area (Å²) < 4.78 is 5.71. The summed E-state index contributed by atoms with van der Waals surface area (Å²) in [6, 6.07) is 0. The highest BCUT2D eigenvalue weighted by Crippen LogP contribution is 2.86. The van der Waals surface area contributed by atoms with Gasteiger partial charge in [0.05, 0.1) is 11.7 Å². The predicted molar refractivity (Wildman–Crippen MR) is 92.5 cm³/mol. The number of methoxy groups -OCH3 is 1. The molecular formula is C21H32O3. The summed E-state index contributed by atoms with van der Waals surface area (Å²) in [7, 11) is 1.68. The van der Waals surface area contributed by atoms with E-state index in [9.17, 15) is 10.2 Å². The first-order valence-electron chi connectivity index (χ1n) is 10.0. The second kappa shape index (κ2) is 4.40. The van der Waals surface area contributed by atoms with Crippen LogP contribution < -0.4 is 0 Å². The minimum Gasteiger partial charge on any atom is -0.512 e. The Morgan fingerprint density at radius 2 is 1.83 bits per heavy atom. The summed E-state index contributed by atoms with van der Waals surface area (Å²) in [5, 5.41) is 22.9. The zero-order valence-corrected chi connectivity index (χ0v) is 15.3. The Kier molecular flexibility index (Phi) is 2.88. The number of rotatable bonds is 1. The third-order valence-electron chi connectivity index (χ3n) is 10.0. The molecule has 3 nitrogen and oxygen atoms in total. The molecular weight excluding hydrogens is 300 g/mol. The van der Waals surface area contributed by atoms with Crippen molar-refractivity contribution in [1.29, 1.82) is 0 Å². The van der Waals surface area contributed by atoms with Gasteiger partial charge in [0.1, 0.15) is 11.7 Å². The van der Waals surface area contributed by atoms with Crippen molar-refractivity contribution in [2.75, 3.05) is 7.11 Å². The molecule has 24 heavy (non-hydrogen) atoms. The van der Waals surface area contributed by atoms with Crippen LogP contribution in [-0.2, 0) is 4.74 Å². The maximum atomic E-state index is 12.1. The van der Waals surface area contributed by atoms with Crippen molar-refractivity contribution in [2.24, 2.45) is 34.0 Å². The highest BCUT2D eigenvalue weighted by Gasteiger charge is 2.86. The van der Waals surface area contributed by atoms with Gasteiger partial charge in [-0.05, 0) is 60.8 Å². The third kappa shape index (κ3) is 1.26. The lowest BCUT2D eigenvalue weighted by molar-refractivity contribution is -0.176. The molecule has 0 saturated heterocycles. The van der Waals surface area contributed by atoms with E-state index in [1.54, 1.807) is 7.11 Å². The van der Waals surface area contributed by atoms with E-state index in [-0.39, 0.29) is 28.3 Å². The molecule has 8 atom stereocenters. The van der Waals surface area contributed by atoms with E-state index in [2.05, 4.69) is 13.8 Å². The number of ether oxygens (including phenoxy) is 1. The van der Waals surface area contributed by atoms with Crippen molar-refractivity contribution in [3.05, 3.63) is 11.8 Å². The monoisotopic (exact) mass is 332 g/mol. The summed E-state index contributed by atoms with van der Waals surface area (Å²) in [5.41, 5.74) is -0.942. The van der Waals surface area contributed by atoms with E-state index in [0.29, 0.717) is 11.7 Å². The van der Waals surface area contributed by atoms with Gasteiger partial charge in [0.25, 0.3) is 0 Å². The van der Waals surface area contributed by atoms with Gasteiger partial charge < -0.3 is 14.9 Å². The van der Waals surface area contributed by atoms with Gasteiger partial charge in [-0.25, -0.2) is 0 Å². The lowest BCUT2D eigenvalue weighted by Gasteiger charge is -2.59. The van der Waals surface area contributed by atoms with Crippen molar-refractivity contribution in [3.8, 4) is 0 Å². The average molecular weight is 332 g/mol. The summed E-state index contributed by atoms with van der Waals surface area (Å²) >= 11 is 0. The van der Waals surface area contributed by atoms with Crippen LogP contribution in [0.5, 0.6) is 0 Å². The number of hydrogen-bond acceptors (Lipinski definition) is 3. The molecule has 5 aliphatic rings. The van der Waals surface area contributed by atoms with Crippen LogP contribution in [0.2, 0.25) is 0 Å². The molecule has 0 aromatic carbocycles. The Hall–Kier alpha value is -0.540. The lowest BCUT2D eigenvalue weighted by atomic mass is 9.45. The maximum absolute atomic E-state index is 12.1. The van der Waals surface area contributed by atoms with Crippen LogP contribution in [0.25, 0.3) is 0 Å². The Balaban J connectivity index is 1.73. The van der Waals surface area contributed by atoms with Gasteiger partial charge in [-0.1, -0.05) is 33.1 Å². The number of aliphatic hydroxyl groups is 2. The Labute approximate surface area is 145 Å². The van der Waals surface area contributed by atoms with E-state index in [0.717, 1.165) is 18.8 Å². The molecule has 3 heteroatoms. The molecule has 2 bridgehead atoms. The van der Waals surface area contributed by atoms with Gasteiger partial charge in [0, 0.05) is 12.5 Å². The Bertz CT molecular complexity index is 614. The number of aliphatic hydroxyl groups excluding tert-OH is 1. The van der Waals surface area contributed by atoms with Gasteiger partial charge >= 0.3 is 0 Å². The number of fused-ring (bicyclic) bond motifs is 3. The van der Waals surface area contributed by atoms with E-state index in [1.807, 2.05) is 6.08 Å². The standard InChI is InChI=1S/C21H32O3/c1-18-10-11-20(17-15(22)12-16(24-3)21(17,18)23)9-8-13-6-4-5-7-14(13)19(18,20)2/h12-14,16-17,22-23H,4-11H2,1-3H3/t13-,14-,16-,17+,18+,19-,20+,21-/m1/s1. The van der Waals surface area contributed by atoms with Crippen LogP contribution in [0.4, 0.5) is 0 Å². The first-order valence-corrected chi connectivity index (χ1v) is 10.0. The van der Waals surface area contributed by atoms with Gasteiger partial charge in [0.2, 0.25) is 0 Å². The quantitative estimate of drug-likeness (QED) is 0.756. The summed E-state index contributed by atoms with van der Waals surface area (Å²) in [6.45, 7) is 4.81.